The molecule has 7 heteroatoms. The number of aromatic nitrogens is 3. The van der Waals surface area contributed by atoms with Crippen molar-refractivity contribution in [2.24, 2.45) is 7.05 Å². The van der Waals surface area contributed by atoms with Crippen molar-refractivity contribution in [3.63, 3.8) is 0 Å². The Kier molecular flexibility index (Phi) is 5.46. The molecule has 0 saturated heterocycles. The molecule has 0 bridgehead atoms. The van der Waals surface area contributed by atoms with Gasteiger partial charge in [-0.25, -0.2) is 0 Å². The van der Waals surface area contributed by atoms with Gasteiger partial charge in [-0.05, 0) is 32.4 Å². The van der Waals surface area contributed by atoms with E-state index in [0.29, 0.717) is 5.16 Å². The van der Waals surface area contributed by atoms with Crippen LogP contribution in [0.25, 0.3) is 11.4 Å². The topological polar surface area (TPSA) is 72.9 Å². The van der Waals surface area contributed by atoms with Crippen molar-refractivity contribution in [3.05, 3.63) is 54.0 Å². The van der Waals surface area contributed by atoms with Gasteiger partial charge < -0.3 is 14.3 Å². The van der Waals surface area contributed by atoms with E-state index in [1.807, 2.05) is 68.8 Å². The van der Waals surface area contributed by atoms with Crippen LogP contribution < -0.4 is 5.32 Å². The molecule has 1 aromatic carbocycles. The van der Waals surface area contributed by atoms with Crippen molar-refractivity contribution in [3.8, 4) is 11.4 Å². The van der Waals surface area contributed by atoms with Crippen LogP contribution in [-0.4, -0.2) is 25.9 Å². The first-order chi connectivity index (χ1) is 12.5. The van der Waals surface area contributed by atoms with Gasteiger partial charge in [0.05, 0.1) is 23.1 Å². The average Bonchev–Trinajstić information content (AvgIpc) is 3.21. The number of nitrogens with zero attached hydrogens (tertiary/aromatic N) is 3. The molecule has 0 saturated carbocycles. The van der Waals surface area contributed by atoms with Gasteiger partial charge >= 0.3 is 0 Å². The minimum Gasteiger partial charge on any atom is -0.469 e. The van der Waals surface area contributed by atoms with Gasteiger partial charge in [0.15, 0.2) is 11.0 Å². The molecule has 2 aromatic heterocycles. The van der Waals surface area contributed by atoms with Crippen LogP contribution in [-0.2, 0) is 11.8 Å². The maximum Gasteiger partial charge on any atom is 0.233 e. The van der Waals surface area contributed by atoms with E-state index in [0.717, 1.165) is 22.7 Å². The molecule has 26 heavy (non-hydrogen) atoms. The van der Waals surface area contributed by atoms with Crippen LogP contribution in [0, 0.1) is 6.92 Å². The first kappa shape index (κ1) is 18.3. The molecular weight excluding hydrogens is 348 g/mol. The molecule has 0 spiro atoms. The van der Waals surface area contributed by atoms with Gasteiger partial charge in [0.1, 0.15) is 5.76 Å². The third kappa shape index (κ3) is 3.83. The lowest BCUT2D eigenvalue weighted by molar-refractivity contribution is -0.120. The molecule has 0 fully saturated rings. The summed E-state index contributed by atoms with van der Waals surface area (Å²) in [6.07, 6.45) is 1.63. The molecule has 1 amide bonds. The van der Waals surface area contributed by atoms with Gasteiger partial charge in [-0.1, -0.05) is 42.1 Å². The highest BCUT2D eigenvalue weighted by molar-refractivity contribution is 8.00. The largest absolute Gasteiger partial charge is 0.469 e. The molecule has 2 unspecified atom stereocenters. The Morgan fingerprint density at radius 2 is 1.92 bits per heavy atom. The minimum atomic E-state index is -0.289. The Labute approximate surface area is 157 Å². The van der Waals surface area contributed by atoms with Crippen LogP contribution in [0.15, 0.2) is 52.2 Å². The number of furan rings is 1. The summed E-state index contributed by atoms with van der Waals surface area (Å²) in [4.78, 5) is 12.5. The lowest BCUT2D eigenvalue weighted by Crippen LogP contribution is -2.33. The molecule has 0 aliphatic heterocycles. The minimum absolute atomic E-state index is 0.0320. The van der Waals surface area contributed by atoms with Crippen LogP contribution in [0.1, 0.15) is 31.2 Å². The number of aryl methyl sites for hydroxylation is 1. The fraction of sp³-hybridized carbons (Fsp3) is 0.316. The number of carbonyl (C=O) groups is 1. The van der Waals surface area contributed by atoms with Gasteiger partial charge in [-0.15, -0.1) is 10.2 Å². The molecule has 2 heterocycles. The summed E-state index contributed by atoms with van der Waals surface area (Å²) in [5.41, 5.74) is 1.98. The Morgan fingerprint density at radius 3 is 2.58 bits per heavy atom. The zero-order valence-corrected chi connectivity index (χ0v) is 16.1. The smallest absolute Gasteiger partial charge is 0.233 e. The van der Waals surface area contributed by atoms with Crippen molar-refractivity contribution < 1.29 is 9.21 Å². The van der Waals surface area contributed by atoms with E-state index in [2.05, 4.69) is 15.5 Å². The van der Waals surface area contributed by atoms with Crippen LogP contribution in [0.3, 0.4) is 0 Å². The van der Waals surface area contributed by atoms with Gasteiger partial charge in [-0.2, -0.15) is 0 Å². The first-order valence-corrected chi connectivity index (χ1v) is 9.31. The summed E-state index contributed by atoms with van der Waals surface area (Å²) in [7, 11) is 1.89. The van der Waals surface area contributed by atoms with Gasteiger partial charge in [0.2, 0.25) is 5.91 Å². The highest BCUT2D eigenvalue weighted by Gasteiger charge is 2.21. The number of amides is 1. The summed E-state index contributed by atoms with van der Waals surface area (Å²) in [6, 6.07) is 11.7. The fourth-order valence-corrected chi connectivity index (χ4v) is 3.46. The highest BCUT2D eigenvalue weighted by Crippen LogP contribution is 2.28. The third-order valence-electron chi connectivity index (χ3n) is 4.24. The van der Waals surface area contributed by atoms with Crippen molar-refractivity contribution in [2.75, 3.05) is 0 Å². The van der Waals surface area contributed by atoms with Gasteiger partial charge in [-0.3, -0.25) is 4.79 Å². The number of rotatable bonds is 6. The standard InChI is InChI=1S/C19H22N4O2S/c1-12(15-8-6-5-7-9-15)20-18(24)14(3)26-19-22-21-17(23(19)4)16-10-11-25-13(16)2/h5-12,14H,1-4H3,(H,20,24). The van der Waals surface area contributed by atoms with Crippen molar-refractivity contribution in [1.82, 2.24) is 20.1 Å². The molecule has 2 atom stereocenters. The second-order valence-corrected chi connectivity index (χ2v) is 7.46. The monoisotopic (exact) mass is 370 g/mol. The number of hydrogen-bond acceptors (Lipinski definition) is 5. The molecule has 0 radical (unpaired) electrons. The molecule has 3 aromatic rings. The Hall–Kier alpha value is -2.54. The summed E-state index contributed by atoms with van der Waals surface area (Å²) in [6.45, 7) is 5.74. The van der Waals surface area contributed by atoms with E-state index in [1.165, 1.54) is 11.8 Å². The maximum absolute atomic E-state index is 12.5. The molecule has 6 nitrogen and oxygen atoms in total. The van der Waals surface area contributed by atoms with E-state index in [9.17, 15) is 4.79 Å². The van der Waals surface area contributed by atoms with Gasteiger partial charge in [0, 0.05) is 7.05 Å². The predicted molar refractivity (Wildman–Crippen MR) is 102 cm³/mol. The first-order valence-electron chi connectivity index (χ1n) is 8.43. The van der Waals surface area contributed by atoms with E-state index in [1.54, 1.807) is 6.26 Å². The van der Waals surface area contributed by atoms with Crippen molar-refractivity contribution in [2.45, 2.75) is 37.2 Å². The van der Waals surface area contributed by atoms with Crippen LogP contribution in [0.2, 0.25) is 0 Å². The predicted octanol–water partition coefficient (Wildman–Crippen LogP) is 3.74. The third-order valence-corrected chi connectivity index (χ3v) is 5.38. The van der Waals surface area contributed by atoms with Gasteiger partial charge in [0.25, 0.3) is 0 Å². The maximum atomic E-state index is 12.5. The average molecular weight is 370 g/mol. The van der Waals surface area contributed by atoms with Crippen LogP contribution in [0.5, 0.6) is 0 Å². The second-order valence-electron chi connectivity index (χ2n) is 6.16. The lowest BCUT2D eigenvalue weighted by Gasteiger charge is -2.17. The number of benzene rings is 1. The second kappa shape index (κ2) is 7.78. The number of hydrogen-bond donors (Lipinski definition) is 1. The summed E-state index contributed by atoms with van der Waals surface area (Å²) in [5.74, 6) is 1.49. The number of nitrogens with one attached hydrogen (secondary N) is 1. The Balaban J connectivity index is 1.66. The molecule has 1 N–H and O–H groups in total. The lowest BCUT2D eigenvalue weighted by atomic mass is 10.1. The summed E-state index contributed by atoms with van der Waals surface area (Å²) >= 11 is 1.39. The van der Waals surface area contributed by atoms with Crippen molar-refractivity contribution >= 4 is 17.7 Å². The normalized spacial score (nSPS) is 13.4. The van der Waals surface area contributed by atoms with Crippen LogP contribution >= 0.6 is 11.8 Å². The SMILES string of the molecule is Cc1occc1-c1nnc(SC(C)C(=O)NC(C)c2ccccc2)n1C. The number of thioether (sulfide) groups is 1. The Morgan fingerprint density at radius 1 is 1.19 bits per heavy atom. The van der Waals surface area contributed by atoms with E-state index < -0.39 is 0 Å². The summed E-state index contributed by atoms with van der Waals surface area (Å²) < 4.78 is 7.22. The molecule has 3 rings (SSSR count). The molecule has 0 aliphatic rings. The zero-order chi connectivity index (χ0) is 18.7. The van der Waals surface area contributed by atoms with Crippen molar-refractivity contribution in [1.29, 1.82) is 0 Å². The van der Waals surface area contributed by atoms with E-state index >= 15 is 0 Å². The highest BCUT2D eigenvalue weighted by atomic mass is 32.2. The molecule has 136 valence electrons. The Bertz CT molecular complexity index is 888. The zero-order valence-electron chi connectivity index (χ0n) is 15.3. The molecule has 0 aliphatic carbocycles. The fourth-order valence-electron chi connectivity index (χ4n) is 2.64. The quantitative estimate of drug-likeness (QED) is 0.669. The summed E-state index contributed by atoms with van der Waals surface area (Å²) in [5, 5.41) is 11.9. The van der Waals surface area contributed by atoms with Crippen LogP contribution in [0.4, 0.5) is 0 Å². The van der Waals surface area contributed by atoms with E-state index in [4.69, 9.17) is 4.42 Å². The van der Waals surface area contributed by atoms with E-state index in [-0.39, 0.29) is 17.2 Å². The molecular formula is C19H22N4O2S. The number of carbonyl (C=O) groups excluding carboxylic acids is 1.